The summed E-state index contributed by atoms with van der Waals surface area (Å²) in [6, 6.07) is 57.1. The molecular weight excluding hydrogens is 687 g/mol. The van der Waals surface area contributed by atoms with Crippen LogP contribution in [0.15, 0.2) is 156 Å². The van der Waals surface area contributed by atoms with Gasteiger partial charge in [-0.1, -0.05) is 91.0 Å². The molecule has 0 saturated heterocycles. The van der Waals surface area contributed by atoms with E-state index in [0.29, 0.717) is 11.8 Å². The highest BCUT2D eigenvalue weighted by atomic mass is 32.1. The zero-order chi connectivity index (χ0) is 35.8. The van der Waals surface area contributed by atoms with Gasteiger partial charge in [-0.25, -0.2) is 0 Å². The van der Waals surface area contributed by atoms with Crippen LogP contribution in [-0.4, -0.2) is 0 Å². The second kappa shape index (κ2) is 11.2. The fraction of sp³-hybridized carbons (Fsp3) is 0.192. The third-order valence-electron chi connectivity index (χ3n) is 14.2. The van der Waals surface area contributed by atoms with E-state index < -0.39 is 0 Å². The van der Waals surface area contributed by atoms with Crippen LogP contribution in [0.25, 0.3) is 64.4 Å². The molecule has 2 nitrogen and oxygen atoms in total. The number of thiophene rings is 1. The smallest absolute Gasteiger partial charge is 0.135 e. The molecule has 9 aromatic rings. The minimum Gasteiger partial charge on any atom is -0.456 e. The third kappa shape index (κ3) is 4.20. The van der Waals surface area contributed by atoms with Crippen LogP contribution in [0, 0.1) is 23.7 Å². The van der Waals surface area contributed by atoms with Crippen molar-refractivity contribution >= 4 is 70.5 Å². The van der Waals surface area contributed by atoms with Gasteiger partial charge in [-0.15, -0.1) is 11.3 Å². The molecule has 0 radical (unpaired) electrons. The number of nitrogens with zero attached hydrogens (tertiary/aromatic N) is 1. The first-order valence-electron chi connectivity index (χ1n) is 20.2. The van der Waals surface area contributed by atoms with Gasteiger partial charge in [-0.05, 0) is 144 Å². The summed E-state index contributed by atoms with van der Waals surface area (Å²) in [5.41, 5.74) is 14.2. The largest absolute Gasteiger partial charge is 0.456 e. The van der Waals surface area contributed by atoms with Gasteiger partial charge in [-0.3, -0.25) is 0 Å². The predicted octanol–water partition coefficient (Wildman–Crippen LogP) is 14.8. The van der Waals surface area contributed by atoms with Crippen molar-refractivity contribution in [1.29, 1.82) is 0 Å². The lowest BCUT2D eigenvalue weighted by molar-refractivity contribution is -0.0399. The fourth-order valence-electron chi connectivity index (χ4n) is 12.4. The molecule has 0 aliphatic heterocycles. The molecule has 5 aliphatic carbocycles. The maximum atomic E-state index is 6.37. The van der Waals surface area contributed by atoms with Crippen LogP contribution in [0.1, 0.15) is 43.2 Å². The summed E-state index contributed by atoms with van der Waals surface area (Å²) in [5, 5.41) is 4.95. The molecule has 0 amide bonds. The minimum atomic E-state index is 0.0444. The number of fused-ring (bicyclic) bond motifs is 9. The fourth-order valence-corrected chi connectivity index (χ4v) is 13.4. The summed E-state index contributed by atoms with van der Waals surface area (Å²) >= 11 is 1.89. The van der Waals surface area contributed by atoms with Crippen molar-refractivity contribution in [2.24, 2.45) is 23.7 Å². The quantitative estimate of drug-likeness (QED) is 0.180. The Morgan fingerprint density at radius 3 is 2.02 bits per heavy atom. The van der Waals surface area contributed by atoms with Gasteiger partial charge >= 0.3 is 0 Å². The molecule has 5 aliphatic rings. The van der Waals surface area contributed by atoms with Gasteiger partial charge in [0.1, 0.15) is 11.2 Å². The number of anilines is 3. The summed E-state index contributed by atoms with van der Waals surface area (Å²) in [7, 11) is 0. The first kappa shape index (κ1) is 30.7. The zero-order valence-electron chi connectivity index (χ0n) is 30.5. The molecule has 0 atom stereocenters. The number of rotatable bonds is 4. The van der Waals surface area contributed by atoms with E-state index in [2.05, 4.69) is 157 Å². The van der Waals surface area contributed by atoms with Crippen molar-refractivity contribution in [3.8, 4) is 22.3 Å². The molecule has 264 valence electrons. The summed E-state index contributed by atoms with van der Waals surface area (Å²) < 4.78 is 9.03. The second-order valence-corrected chi connectivity index (χ2v) is 18.0. The molecule has 4 saturated carbocycles. The average molecular weight is 726 g/mol. The lowest BCUT2D eigenvalue weighted by Gasteiger charge is -2.61. The Balaban J connectivity index is 1.10. The van der Waals surface area contributed by atoms with E-state index in [1.54, 1.807) is 11.1 Å². The lowest BCUT2D eigenvalue weighted by atomic mass is 9.43. The Morgan fingerprint density at radius 1 is 0.491 bits per heavy atom. The first-order chi connectivity index (χ1) is 27.2. The van der Waals surface area contributed by atoms with E-state index in [9.17, 15) is 0 Å². The van der Waals surface area contributed by atoms with E-state index in [1.807, 2.05) is 11.3 Å². The van der Waals surface area contributed by atoms with Crippen molar-refractivity contribution in [3.05, 3.63) is 163 Å². The maximum Gasteiger partial charge on any atom is 0.135 e. The van der Waals surface area contributed by atoms with Crippen molar-refractivity contribution in [2.45, 2.75) is 37.5 Å². The Morgan fingerprint density at radius 2 is 1.18 bits per heavy atom. The van der Waals surface area contributed by atoms with E-state index in [-0.39, 0.29) is 5.41 Å². The number of hydrogen-bond acceptors (Lipinski definition) is 3. The monoisotopic (exact) mass is 725 g/mol. The Kier molecular flexibility index (Phi) is 6.25. The molecule has 0 unspecified atom stereocenters. The molecule has 4 bridgehead atoms. The Bertz CT molecular complexity index is 2880. The lowest BCUT2D eigenvalue weighted by Crippen LogP contribution is -2.55. The summed E-state index contributed by atoms with van der Waals surface area (Å²) in [6.45, 7) is 0. The highest BCUT2D eigenvalue weighted by molar-refractivity contribution is 7.25. The zero-order valence-corrected chi connectivity index (χ0v) is 31.4. The van der Waals surface area contributed by atoms with Gasteiger partial charge in [0.2, 0.25) is 0 Å². The second-order valence-electron chi connectivity index (χ2n) is 16.9. The molecule has 4 fully saturated rings. The number of furan rings is 1. The van der Waals surface area contributed by atoms with E-state index in [0.717, 1.165) is 39.5 Å². The highest BCUT2D eigenvalue weighted by Crippen LogP contribution is 2.70. The predicted molar refractivity (Wildman–Crippen MR) is 230 cm³/mol. The molecule has 55 heavy (non-hydrogen) atoms. The van der Waals surface area contributed by atoms with Crippen LogP contribution in [0.3, 0.4) is 0 Å². The number of para-hydroxylation sites is 1. The SMILES string of the molecule is c1ccc(-c2ccc3c(c2)C2(c4cccc(N(c5ccc6oc7ccccc7c6c5)c5ccc6sc7ccccc7c6c5)c4-3)C3CC4CC(C3)CC2C4)cc1. The summed E-state index contributed by atoms with van der Waals surface area (Å²) in [5.74, 6) is 3.14. The van der Waals surface area contributed by atoms with Crippen LogP contribution in [0.5, 0.6) is 0 Å². The normalized spacial score (nSPS) is 23.3. The molecule has 14 rings (SSSR count). The number of hydrogen-bond donors (Lipinski definition) is 0. The molecule has 2 heterocycles. The Labute approximate surface area is 324 Å². The summed E-state index contributed by atoms with van der Waals surface area (Å²) in [6.07, 6.45) is 6.90. The average Bonchev–Trinajstić information content (AvgIpc) is 3.88. The van der Waals surface area contributed by atoms with E-state index in [1.165, 1.54) is 85.9 Å². The van der Waals surface area contributed by atoms with Crippen LogP contribution in [0.2, 0.25) is 0 Å². The van der Waals surface area contributed by atoms with Crippen molar-refractivity contribution < 1.29 is 4.42 Å². The van der Waals surface area contributed by atoms with Gasteiger partial charge < -0.3 is 9.32 Å². The minimum absolute atomic E-state index is 0.0444. The van der Waals surface area contributed by atoms with Crippen LogP contribution >= 0.6 is 11.3 Å². The van der Waals surface area contributed by atoms with Gasteiger partial charge in [0.05, 0.1) is 5.69 Å². The highest BCUT2D eigenvalue weighted by Gasteiger charge is 2.62. The van der Waals surface area contributed by atoms with E-state index >= 15 is 0 Å². The van der Waals surface area contributed by atoms with Gasteiger partial charge in [-0.2, -0.15) is 0 Å². The standard InChI is InChI=1S/C52H39NOS/c1-2-9-33(10-3-1)34-17-20-41-45(28-34)52(35-24-31-23-32(26-35)27-36(52)25-31)44-13-8-14-46(51(41)44)53(37-18-21-48-42(29-37)39-11-4-6-15-47(39)54-48)38-19-22-50-43(30-38)40-12-5-7-16-49(40)55-50/h1-22,28-32,35-36H,23-27H2. The molecule has 3 heteroatoms. The Hall–Kier alpha value is -5.64. The van der Waals surface area contributed by atoms with Crippen molar-refractivity contribution in [3.63, 3.8) is 0 Å². The van der Waals surface area contributed by atoms with Gasteiger partial charge in [0.15, 0.2) is 0 Å². The molecular formula is C52H39NOS. The van der Waals surface area contributed by atoms with Crippen molar-refractivity contribution in [2.75, 3.05) is 4.90 Å². The molecule has 0 N–H and O–H groups in total. The van der Waals surface area contributed by atoms with E-state index in [4.69, 9.17) is 4.42 Å². The topological polar surface area (TPSA) is 16.4 Å². The van der Waals surface area contributed by atoms with Gasteiger partial charge in [0, 0.05) is 53.3 Å². The maximum absolute atomic E-state index is 6.37. The first-order valence-corrected chi connectivity index (χ1v) is 21.0. The number of benzene rings is 7. The van der Waals surface area contributed by atoms with Gasteiger partial charge in [0.25, 0.3) is 0 Å². The molecule has 7 aromatic carbocycles. The van der Waals surface area contributed by atoms with Crippen LogP contribution in [0.4, 0.5) is 17.1 Å². The third-order valence-corrected chi connectivity index (χ3v) is 15.4. The summed E-state index contributed by atoms with van der Waals surface area (Å²) in [4.78, 5) is 2.57. The van der Waals surface area contributed by atoms with Crippen LogP contribution < -0.4 is 4.90 Å². The van der Waals surface area contributed by atoms with Crippen molar-refractivity contribution in [1.82, 2.24) is 0 Å². The molecule has 2 aromatic heterocycles. The van der Waals surface area contributed by atoms with Crippen LogP contribution in [-0.2, 0) is 5.41 Å². The molecule has 1 spiro atoms.